The number of rotatable bonds is 6. The maximum absolute atomic E-state index is 10.3. The number of hydrogen-bond donors (Lipinski definition) is 2. The van der Waals surface area contributed by atoms with Crippen molar-refractivity contribution in [3.05, 3.63) is 29.8 Å². The highest BCUT2D eigenvalue weighted by Gasteiger charge is 2.30. The summed E-state index contributed by atoms with van der Waals surface area (Å²) in [6.07, 6.45) is 4.08. The van der Waals surface area contributed by atoms with Gasteiger partial charge in [0, 0.05) is 19.1 Å². The molecule has 1 aromatic carbocycles. The maximum atomic E-state index is 10.3. The lowest BCUT2D eigenvalue weighted by Crippen LogP contribution is -2.35. The summed E-state index contributed by atoms with van der Waals surface area (Å²) in [6, 6.07) is 8.19. The molecule has 1 fully saturated rings. The van der Waals surface area contributed by atoms with Crippen LogP contribution in [0.25, 0.3) is 0 Å². The predicted octanol–water partition coefficient (Wildman–Crippen LogP) is 2.48. The normalized spacial score (nSPS) is 24.4. The molecule has 1 saturated carbocycles. The summed E-state index contributed by atoms with van der Waals surface area (Å²) in [5.41, 5.74) is 1.16. The van der Waals surface area contributed by atoms with Crippen LogP contribution in [0.3, 0.4) is 0 Å². The Kier molecular flexibility index (Phi) is 5.83. The summed E-state index contributed by atoms with van der Waals surface area (Å²) in [5.74, 6) is 1.07. The highest BCUT2D eigenvalue weighted by molar-refractivity contribution is 5.31. The monoisotopic (exact) mass is 279 g/mol. The van der Waals surface area contributed by atoms with Crippen LogP contribution in [-0.2, 0) is 4.74 Å². The predicted molar refractivity (Wildman–Crippen MR) is 78.7 cm³/mol. The van der Waals surface area contributed by atoms with Gasteiger partial charge in [0.2, 0.25) is 0 Å². The van der Waals surface area contributed by atoms with Gasteiger partial charge in [-0.05, 0) is 37.6 Å². The van der Waals surface area contributed by atoms with Gasteiger partial charge in [-0.15, -0.1) is 0 Å². The lowest BCUT2D eigenvalue weighted by atomic mass is 9.79. The van der Waals surface area contributed by atoms with Crippen LogP contribution in [0.4, 0.5) is 0 Å². The summed E-state index contributed by atoms with van der Waals surface area (Å²) in [5, 5.41) is 13.6. The molecule has 2 rings (SSSR count). The van der Waals surface area contributed by atoms with Gasteiger partial charge in [0.15, 0.2) is 6.79 Å². The largest absolute Gasteiger partial charge is 0.468 e. The standard InChI is InChI=1S/C16H25NO3/c1-17-16(14-8-3-4-9-15(14)18)12-6-5-7-13(10-12)20-11-19-2/h5-7,10,14-18H,3-4,8-9,11H2,1-2H3/t14-,15-,16?/m0/s1. The molecule has 0 heterocycles. The second kappa shape index (κ2) is 7.62. The number of ether oxygens (including phenoxy) is 2. The Bertz CT molecular complexity index is 410. The van der Waals surface area contributed by atoms with Gasteiger partial charge in [0.25, 0.3) is 0 Å². The first kappa shape index (κ1) is 15.3. The molecule has 112 valence electrons. The molecule has 4 heteroatoms. The number of aliphatic hydroxyl groups excluding tert-OH is 1. The molecule has 0 aromatic heterocycles. The fraction of sp³-hybridized carbons (Fsp3) is 0.625. The molecule has 1 aliphatic rings. The average molecular weight is 279 g/mol. The second-order valence-corrected chi connectivity index (χ2v) is 5.41. The van der Waals surface area contributed by atoms with E-state index in [9.17, 15) is 5.11 Å². The Labute approximate surface area is 121 Å². The molecule has 4 nitrogen and oxygen atoms in total. The van der Waals surface area contributed by atoms with E-state index in [0.717, 1.165) is 30.6 Å². The maximum Gasteiger partial charge on any atom is 0.188 e. The Morgan fingerprint density at radius 1 is 1.35 bits per heavy atom. The molecule has 0 aliphatic heterocycles. The van der Waals surface area contributed by atoms with Gasteiger partial charge in [-0.2, -0.15) is 0 Å². The Balaban J connectivity index is 2.13. The SMILES string of the molecule is CNC(c1cccc(OCOC)c1)[C@H]1CCCC[C@@H]1O. The van der Waals surface area contributed by atoms with E-state index < -0.39 is 0 Å². The number of methoxy groups -OCH3 is 1. The first-order chi connectivity index (χ1) is 9.76. The molecule has 0 spiro atoms. The highest BCUT2D eigenvalue weighted by atomic mass is 16.7. The minimum absolute atomic E-state index is 0.163. The van der Waals surface area contributed by atoms with Crippen LogP contribution in [0.5, 0.6) is 5.75 Å². The second-order valence-electron chi connectivity index (χ2n) is 5.41. The zero-order valence-electron chi connectivity index (χ0n) is 12.3. The summed E-state index contributed by atoms with van der Waals surface area (Å²) in [6.45, 7) is 0.250. The molecule has 0 radical (unpaired) electrons. The Morgan fingerprint density at radius 2 is 2.15 bits per heavy atom. The van der Waals surface area contributed by atoms with Gasteiger partial charge in [-0.1, -0.05) is 25.0 Å². The van der Waals surface area contributed by atoms with Crippen molar-refractivity contribution >= 4 is 0 Å². The van der Waals surface area contributed by atoms with Crippen LogP contribution in [0.2, 0.25) is 0 Å². The first-order valence-corrected chi connectivity index (χ1v) is 7.33. The van der Waals surface area contributed by atoms with Crippen molar-refractivity contribution in [3.63, 3.8) is 0 Å². The third-order valence-electron chi connectivity index (χ3n) is 4.08. The summed E-state index contributed by atoms with van der Waals surface area (Å²) in [4.78, 5) is 0. The zero-order chi connectivity index (χ0) is 14.4. The van der Waals surface area contributed by atoms with Crippen molar-refractivity contribution in [2.45, 2.75) is 37.8 Å². The number of aliphatic hydroxyl groups is 1. The van der Waals surface area contributed by atoms with Crippen LogP contribution in [-0.4, -0.2) is 32.2 Å². The Hall–Kier alpha value is -1.10. The molecule has 1 aromatic rings. The molecule has 0 bridgehead atoms. The van der Waals surface area contributed by atoms with E-state index in [1.807, 2.05) is 25.2 Å². The van der Waals surface area contributed by atoms with E-state index in [2.05, 4.69) is 11.4 Å². The minimum atomic E-state index is -0.218. The molecule has 2 N–H and O–H groups in total. The van der Waals surface area contributed by atoms with Crippen LogP contribution in [0, 0.1) is 5.92 Å². The minimum Gasteiger partial charge on any atom is -0.468 e. The molecule has 0 saturated heterocycles. The van der Waals surface area contributed by atoms with Gasteiger partial charge >= 0.3 is 0 Å². The third-order valence-corrected chi connectivity index (χ3v) is 4.08. The van der Waals surface area contributed by atoms with Gasteiger partial charge in [0.1, 0.15) is 5.75 Å². The van der Waals surface area contributed by atoms with E-state index in [4.69, 9.17) is 9.47 Å². The molecule has 0 amide bonds. The van der Waals surface area contributed by atoms with E-state index in [1.165, 1.54) is 6.42 Å². The molecular weight excluding hydrogens is 254 g/mol. The summed E-state index contributed by atoms with van der Waals surface area (Å²) < 4.78 is 10.4. The van der Waals surface area contributed by atoms with Gasteiger partial charge in [-0.25, -0.2) is 0 Å². The Morgan fingerprint density at radius 3 is 2.85 bits per heavy atom. The smallest absolute Gasteiger partial charge is 0.188 e. The quantitative estimate of drug-likeness (QED) is 0.786. The first-order valence-electron chi connectivity index (χ1n) is 7.33. The fourth-order valence-electron chi connectivity index (χ4n) is 3.08. The summed E-state index contributed by atoms with van der Waals surface area (Å²) >= 11 is 0. The van der Waals surface area contributed by atoms with Gasteiger partial charge < -0.3 is 19.9 Å². The van der Waals surface area contributed by atoms with Crippen LogP contribution in [0.1, 0.15) is 37.3 Å². The van der Waals surface area contributed by atoms with Crippen molar-refractivity contribution in [2.75, 3.05) is 21.0 Å². The molecule has 1 aliphatic carbocycles. The molecular formula is C16H25NO3. The third kappa shape index (κ3) is 3.72. The molecule has 20 heavy (non-hydrogen) atoms. The van der Waals surface area contributed by atoms with Gasteiger partial charge in [0.05, 0.1) is 6.10 Å². The highest BCUT2D eigenvalue weighted by Crippen LogP contribution is 2.35. The van der Waals surface area contributed by atoms with E-state index in [1.54, 1.807) is 7.11 Å². The van der Waals surface area contributed by atoms with Crippen molar-refractivity contribution in [1.29, 1.82) is 0 Å². The van der Waals surface area contributed by atoms with E-state index in [0.29, 0.717) is 0 Å². The fourth-order valence-corrected chi connectivity index (χ4v) is 3.08. The topological polar surface area (TPSA) is 50.7 Å². The summed E-state index contributed by atoms with van der Waals surface area (Å²) in [7, 11) is 3.56. The van der Waals surface area contributed by atoms with Crippen molar-refractivity contribution < 1.29 is 14.6 Å². The van der Waals surface area contributed by atoms with Crippen molar-refractivity contribution in [2.24, 2.45) is 5.92 Å². The van der Waals surface area contributed by atoms with Crippen molar-refractivity contribution in [3.8, 4) is 5.75 Å². The number of benzene rings is 1. The average Bonchev–Trinajstić information content (AvgIpc) is 2.48. The van der Waals surface area contributed by atoms with Crippen molar-refractivity contribution in [1.82, 2.24) is 5.32 Å². The lowest BCUT2D eigenvalue weighted by molar-refractivity contribution is 0.0473. The van der Waals surface area contributed by atoms with Crippen LogP contribution >= 0.6 is 0 Å². The number of nitrogens with one attached hydrogen (secondary N) is 1. The van der Waals surface area contributed by atoms with Gasteiger partial charge in [-0.3, -0.25) is 0 Å². The molecule has 3 atom stereocenters. The number of hydrogen-bond acceptors (Lipinski definition) is 4. The molecule has 1 unspecified atom stereocenters. The lowest BCUT2D eigenvalue weighted by Gasteiger charge is -2.34. The van der Waals surface area contributed by atoms with E-state index >= 15 is 0 Å². The van der Waals surface area contributed by atoms with E-state index in [-0.39, 0.29) is 24.9 Å². The van der Waals surface area contributed by atoms with Crippen LogP contribution < -0.4 is 10.1 Å². The van der Waals surface area contributed by atoms with Crippen LogP contribution in [0.15, 0.2) is 24.3 Å². The zero-order valence-corrected chi connectivity index (χ0v) is 12.3.